The van der Waals surface area contributed by atoms with Gasteiger partial charge in [0.1, 0.15) is 19.9 Å². The Morgan fingerprint density at radius 2 is 1.87 bits per heavy atom. The van der Waals surface area contributed by atoms with Crippen LogP contribution in [-0.4, -0.2) is 35.6 Å². The van der Waals surface area contributed by atoms with Crippen LogP contribution in [0.1, 0.15) is 27.2 Å². The molecule has 0 spiro atoms. The Labute approximate surface area is 93.3 Å². The van der Waals surface area contributed by atoms with Crippen molar-refractivity contribution in [2.45, 2.75) is 39.3 Å². The van der Waals surface area contributed by atoms with E-state index in [2.05, 4.69) is 34.1 Å². The number of rotatable bonds is 5. The van der Waals surface area contributed by atoms with E-state index in [9.17, 15) is 5.11 Å². The van der Waals surface area contributed by atoms with Crippen LogP contribution in [0.2, 0.25) is 0 Å². The molecule has 0 aliphatic heterocycles. The summed E-state index contributed by atoms with van der Waals surface area (Å²) in [5.41, 5.74) is 1.32. The monoisotopic (exact) mass is 210 g/mol. The zero-order valence-corrected chi connectivity index (χ0v) is 10.4. The first kappa shape index (κ1) is 12.4. The molecule has 0 aromatic carbocycles. The van der Waals surface area contributed by atoms with Gasteiger partial charge in [0.2, 0.25) is 0 Å². The molecule has 2 heteroatoms. The molecule has 4 atom stereocenters. The number of hydrogen-bond donors (Lipinski definition) is 1. The van der Waals surface area contributed by atoms with Crippen molar-refractivity contribution in [3.8, 4) is 0 Å². The quantitative estimate of drug-likeness (QED) is 0.418. The maximum Gasteiger partial charge on any atom is 0.180 e. The lowest BCUT2D eigenvalue weighted by Crippen LogP contribution is -2.43. The molecule has 1 rings (SSSR count). The maximum absolute atomic E-state index is 10.2. The normalized spacial score (nSPS) is 26.3. The second-order valence-corrected chi connectivity index (χ2v) is 5.31. The van der Waals surface area contributed by atoms with Gasteiger partial charge in [-0.1, -0.05) is 32.9 Å². The molecule has 1 saturated carbocycles. The van der Waals surface area contributed by atoms with Crippen molar-refractivity contribution in [3.63, 3.8) is 0 Å². The average molecular weight is 210 g/mol. The molecule has 4 unspecified atom stereocenters. The first-order chi connectivity index (χ1) is 6.86. The third-order valence-electron chi connectivity index (χ3n) is 3.56. The van der Waals surface area contributed by atoms with Crippen molar-refractivity contribution < 1.29 is 9.68 Å². The standard InChI is InChI=1S/C13H24NO/c1-8(2)13(15)12(14(5)6)10(4)11-7-9(11)3/h8,10-13,15H,3,5,7H2,1-2,4,6H3/q+1. The lowest BCUT2D eigenvalue weighted by Gasteiger charge is -2.26. The first-order valence-corrected chi connectivity index (χ1v) is 5.75. The molecule has 0 saturated heterocycles. The average Bonchev–Trinajstić information content (AvgIpc) is 2.81. The van der Waals surface area contributed by atoms with E-state index in [1.165, 1.54) is 5.57 Å². The summed E-state index contributed by atoms with van der Waals surface area (Å²) in [4.78, 5) is 0. The van der Waals surface area contributed by atoms with Crippen LogP contribution in [0.5, 0.6) is 0 Å². The van der Waals surface area contributed by atoms with Crippen LogP contribution in [0.3, 0.4) is 0 Å². The zero-order valence-electron chi connectivity index (χ0n) is 10.4. The molecule has 2 nitrogen and oxygen atoms in total. The van der Waals surface area contributed by atoms with Gasteiger partial charge >= 0.3 is 0 Å². The summed E-state index contributed by atoms with van der Waals surface area (Å²) in [6.07, 6.45) is 0.812. The minimum absolute atomic E-state index is 0.134. The van der Waals surface area contributed by atoms with Gasteiger partial charge in [-0.15, -0.1) is 0 Å². The van der Waals surface area contributed by atoms with Crippen LogP contribution >= 0.6 is 0 Å². The summed E-state index contributed by atoms with van der Waals surface area (Å²) in [6.45, 7) is 14.2. The van der Waals surface area contributed by atoms with Crippen molar-refractivity contribution in [1.29, 1.82) is 0 Å². The molecule has 0 amide bonds. The molecule has 86 valence electrons. The lowest BCUT2D eigenvalue weighted by molar-refractivity contribution is -0.553. The van der Waals surface area contributed by atoms with Gasteiger partial charge in [0.05, 0.1) is 0 Å². The molecule has 0 radical (unpaired) electrons. The van der Waals surface area contributed by atoms with Crippen molar-refractivity contribution in [3.05, 3.63) is 12.2 Å². The molecule has 1 aliphatic rings. The molecule has 0 bridgehead atoms. The molecule has 1 fully saturated rings. The second kappa shape index (κ2) is 4.48. The number of hydrogen-bond acceptors (Lipinski definition) is 1. The summed E-state index contributed by atoms with van der Waals surface area (Å²) in [7, 11) is 1.94. The van der Waals surface area contributed by atoms with Crippen LogP contribution < -0.4 is 0 Å². The topological polar surface area (TPSA) is 23.2 Å². The fourth-order valence-corrected chi connectivity index (χ4v) is 2.39. The first-order valence-electron chi connectivity index (χ1n) is 5.75. The molecule has 15 heavy (non-hydrogen) atoms. The van der Waals surface area contributed by atoms with E-state index in [0.29, 0.717) is 11.8 Å². The van der Waals surface area contributed by atoms with Crippen molar-refractivity contribution >= 4 is 6.72 Å². The summed E-state index contributed by atoms with van der Waals surface area (Å²) < 4.78 is 1.90. The van der Waals surface area contributed by atoms with E-state index in [0.717, 1.165) is 6.42 Å². The Hall–Kier alpha value is -0.630. The predicted molar refractivity (Wildman–Crippen MR) is 64.3 cm³/mol. The Morgan fingerprint density at radius 3 is 2.13 bits per heavy atom. The number of likely N-dealkylation sites (N-methyl/N-ethyl adjacent to an activating group) is 1. The number of aliphatic hydroxyl groups is 1. The Morgan fingerprint density at radius 1 is 1.40 bits per heavy atom. The molecular formula is C13H24NO+. The Kier molecular flexibility index (Phi) is 3.72. The third-order valence-corrected chi connectivity index (χ3v) is 3.56. The summed E-state index contributed by atoms with van der Waals surface area (Å²) in [6, 6.07) is 0.134. The van der Waals surface area contributed by atoms with Gasteiger partial charge in [-0.25, -0.2) is 4.58 Å². The maximum atomic E-state index is 10.2. The summed E-state index contributed by atoms with van der Waals surface area (Å²) in [5, 5.41) is 10.2. The Bertz CT molecular complexity index is 270. The van der Waals surface area contributed by atoms with Gasteiger partial charge in [-0.05, 0) is 18.3 Å². The predicted octanol–water partition coefficient (Wildman–Crippen LogP) is 1.93. The van der Waals surface area contributed by atoms with Crippen molar-refractivity contribution in [2.24, 2.45) is 17.8 Å². The molecule has 1 aliphatic carbocycles. The highest BCUT2D eigenvalue weighted by Crippen LogP contribution is 2.44. The molecule has 0 aromatic rings. The minimum Gasteiger partial charge on any atom is -0.386 e. The van der Waals surface area contributed by atoms with E-state index in [4.69, 9.17) is 0 Å². The van der Waals surface area contributed by atoms with Gasteiger partial charge in [0.25, 0.3) is 0 Å². The molecule has 0 aromatic heterocycles. The van der Waals surface area contributed by atoms with Crippen molar-refractivity contribution in [2.75, 3.05) is 7.05 Å². The molecule has 0 heterocycles. The summed E-state index contributed by atoms with van der Waals surface area (Å²) in [5.74, 6) is 1.30. The number of allylic oxidation sites excluding steroid dienone is 1. The van der Waals surface area contributed by atoms with Crippen LogP contribution in [0.15, 0.2) is 12.2 Å². The van der Waals surface area contributed by atoms with E-state index in [1.807, 2.05) is 11.6 Å². The lowest BCUT2D eigenvalue weighted by atomic mass is 9.87. The second-order valence-electron chi connectivity index (χ2n) is 5.31. The fraction of sp³-hybridized carbons (Fsp3) is 0.769. The van der Waals surface area contributed by atoms with E-state index in [-0.39, 0.29) is 18.1 Å². The summed E-state index contributed by atoms with van der Waals surface area (Å²) >= 11 is 0. The highest BCUT2D eigenvalue weighted by Gasteiger charge is 2.44. The van der Waals surface area contributed by atoms with Gasteiger partial charge in [0, 0.05) is 5.92 Å². The van der Waals surface area contributed by atoms with Crippen LogP contribution in [0.4, 0.5) is 0 Å². The fourth-order valence-electron chi connectivity index (χ4n) is 2.39. The van der Waals surface area contributed by atoms with Crippen LogP contribution in [-0.2, 0) is 0 Å². The SMILES string of the molecule is C=C1CC1C(C)C(C(O)C(C)C)[N+](=C)C. The largest absolute Gasteiger partial charge is 0.386 e. The number of nitrogens with zero attached hydrogens (tertiary/aromatic N) is 1. The highest BCUT2D eigenvalue weighted by molar-refractivity contribution is 5.21. The van der Waals surface area contributed by atoms with Crippen LogP contribution in [0.25, 0.3) is 0 Å². The van der Waals surface area contributed by atoms with E-state index in [1.54, 1.807) is 0 Å². The minimum atomic E-state index is -0.309. The van der Waals surface area contributed by atoms with Crippen LogP contribution in [0, 0.1) is 17.8 Å². The third kappa shape index (κ3) is 2.69. The Balaban J connectivity index is 2.73. The van der Waals surface area contributed by atoms with Gasteiger partial charge in [-0.2, -0.15) is 0 Å². The van der Waals surface area contributed by atoms with Gasteiger partial charge in [-0.3, -0.25) is 0 Å². The molecular weight excluding hydrogens is 186 g/mol. The van der Waals surface area contributed by atoms with Gasteiger partial charge < -0.3 is 5.11 Å². The zero-order chi connectivity index (χ0) is 11.7. The van der Waals surface area contributed by atoms with E-state index >= 15 is 0 Å². The molecule has 1 N–H and O–H groups in total. The smallest absolute Gasteiger partial charge is 0.180 e. The number of aliphatic hydroxyl groups excluding tert-OH is 1. The van der Waals surface area contributed by atoms with E-state index < -0.39 is 0 Å². The van der Waals surface area contributed by atoms with Gasteiger partial charge in [0.15, 0.2) is 6.04 Å². The van der Waals surface area contributed by atoms with Crippen molar-refractivity contribution in [1.82, 2.24) is 0 Å². The highest BCUT2D eigenvalue weighted by atomic mass is 16.3.